The number of pyridine rings is 1. The fourth-order valence-corrected chi connectivity index (χ4v) is 5.87. The maximum atomic E-state index is 14.2. The molecule has 6 nitrogen and oxygen atoms in total. The van der Waals surface area contributed by atoms with E-state index in [9.17, 15) is 22.7 Å². The number of halogens is 1. The van der Waals surface area contributed by atoms with Gasteiger partial charge in [-0.15, -0.1) is 0 Å². The molecule has 0 saturated carbocycles. The molecule has 0 aliphatic heterocycles. The summed E-state index contributed by atoms with van der Waals surface area (Å²) >= 11 is 0. The van der Waals surface area contributed by atoms with Gasteiger partial charge in [0.05, 0.1) is 4.90 Å². The van der Waals surface area contributed by atoms with Crippen LogP contribution in [0.25, 0.3) is 10.9 Å². The summed E-state index contributed by atoms with van der Waals surface area (Å²) in [6.07, 6.45) is 2.99. The van der Waals surface area contributed by atoms with Gasteiger partial charge in [0.25, 0.3) is 0 Å². The van der Waals surface area contributed by atoms with Crippen LogP contribution >= 0.6 is 0 Å². The molecule has 8 heteroatoms. The first-order chi connectivity index (χ1) is 14.8. The smallest absolute Gasteiger partial charge is 0.323 e. The van der Waals surface area contributed by atoms with Crippen molar-refractivity contribution in [2.45, 2.75) is 23.6 Å². The standard InChI is InChI=1S/C23H19FN2O4S/c1-15-22(19-13-17(24)7-8-20(19)26(15)14-21(27)28)23(16-9-11-25-12-10-16)31(29,30)18-5-3-2-4-6-18/h2-13,23H,14H2,1H3,(H,27,28). The van der Waals surface area contributed by atoms with Crippen molar-refractivity contribution in [1.82, 2.24) is 9.55 Å². The van der Waals surface area contributed by atoms with Crippen LogP contribution in [-0.2, 0) is 21.2 Å². The maximum absolute atomic E-state index is 14.2. The zero-order chi connectivity index (χ0) is 22.2. The Bertz CT molecular complexity index is 1370. The summed E-state index contributed by atoms with van der Waals surface area (Å²) in [6, 6.07) is 15.2. The van der Waals surface area contributed by atoms with Crippen molar-refractivity contribution in [2.75, 3.05) is 0 Å². The average Bonchev–Trinajstić information content (AvgIpc) is 3.00. The number of carboxylic acid groups (broad SMARTS) is 1. The van der Waals surface area contributed by atoms with Crippen LogP contribution in [0.3, 0.4) is 0 Å². The van der Waals surface area contributed by atoms with E-state index in [0.717, 1.165) is 0 Å². The molecule has 0 bridgehead atoms. The molecule has 0 saturated heterocycles. The lowest BCUT2D eigenvalue weighted by Gasteiger charge is -2.20. The molecule has 31 heavy (non-hydrogen) atoms. The van der Waals surface area contributed by atoms with Crippen molar-refractivity contribution in [1.29, 1.82) is 0 Å². The van der Waals surface area contributed by atoms with Crippen LogP contribution in [0.5, 0.6) is 0 Å². The van der Waals surface area contributed by atoms with Gasteiger partial charge < -0.3 is 9.67 Å². The number of benzene rings is 2. The molecule has 2 heterocycles. The quantitative estimate of drug-likeness (QED) is 0.489. The number of hydrogen-bond acceptors (Lipinski definition) is 4. The van der Waals surface area contributed by atoms with E-state index in [4.69, 9.17) is 0 Å². The number of carbonyl (C=O) groups is 1. The van der Waals surface area contributed by atoms with E-state index in [-0.39, 0.29) is 11.4 Å². The highest BCUT2D eigenvalue weighted by Crippen LogP contribution is 2.41. The molecule has 1 unspecified atom stereocenters. The SMILES string of the molecule is Cc1c(C(c2ccncc2)S(=O)(=O)c2ccccc2)c2cc(F)ccc2n1CC(=O)O. The van der Waals surface area contributed by atoms with Crippen molar-refractivity contribution in [3.8, 4) is 0 Å². The van der Waals surface area contributed by atoms with Gasteiger partial charge in [0.2, 0.25) is 0 Å². The third-order valence-electron chi connectivity index (χ3n) is 5.28. The van der Waals surface area contributed by atoms with E-state index >= 15 is 0 Å². The lowest BCUT2D eigenvalue weighted by molar-refractivity contribution is -0.137. The number of aromatic nitrogens is 2. The van der Waals surface area contributed by atoms with Gasteiger partial charge in [0.1, 0.15) is 17.6 Å². The van der Waals surface area contributed by atoms with Gasteiger partial charge in [-0.25, -0.2) is 12.8 Å². The van der Waals surface area contributed by atoms with Gasteiger partial charge in [-0.05, 0) is 55.0 Å². The van der Waals surface area contributed by atoms with Crippen LogP contribution in [0.15, 0.2) is 78.0 Å². The minimum atomic E-state index is -3.96. The highest BCUT2D eigenvalue weighted by atomic mass is 32.2. The fraction of sp³-hybridized carbons (Fsp3) is 0.130. The van der Waals surface area contributed by atoms with E-state index in [2.05, 4.69) is 4.98 Å². The predicted octanol–water partition coefficient (Wildman–Crippen LogP) is 4.13. The zero-order valence-electron chi connectivity index (χ0n) is 16.6. The summed E-state index contributed by atoms with van der Waals surface area (Å²) in [6.45, 7) is 1.29. The molecule has 158 valence electrons. The summed E-state index contributed by atoms with van der Waals surface area (Å²) in [4.78, 5) is 15.6. The Balaban J connectivity index is 2.09. The van der Waals surface area contributed by atoms with Crippen molar-refractivity contribution in [3.63, 3.8) is 0 Å². The molecule has 0 radical (unpaired) electrons. The van der Waals surface area contributed by atoms with Crippen LogP contribution in [0.2, 0.25) is 0 Å². The molecule has 0 spiro atoms. The Hall–Kier alpha value is -3.52. The minimum absolute atomic E-state index is 0.117. The highest BCUT2D eigenvalue weighted by molar-refractivity contribution is 7.92. The van der Waals surface area contributed by atoms with Crippen LogP contribution in [0, 0.1) is 12.7 Å². The van der Waals surface area contributed by atoms with Gasteiger partial charge in [0.15, 0.2) is 9.84 Å². The Kier molecular flexibility index (Phi) is 5.32. The van der Waals surface area contributed by atoms with Gasteiger partial charge in [-0.2, -0.15) is 0 Å². The van der Waals surface area contributed by atoms with E-state index < -0.39 is 26.9 Å². The second-order valence-corrected chi connectivity index (χ2v) is 9.19. The van der Waals surface area contributed by atoms with Crippen molar-refractivity contribution in [2.24, 2.45) is 0 Å². The molecule has 4 rings (SSSR count). The Morgan fingerprint density at radius 1 is 1.10 bits per heavy atom. The topological polar surface area (TPSA) is 89.3 Å². The fourth-order valence-electron chi connectivity index (χ4n) is 3.94. The van der Waals surface area contributed by atoms with E-state index in [0.29, 0.717) is 27.7 Å². The van der Waals surface area contributed by atoms with Gasteiger partial charge >= 0.3 is 5.97 Å². The number of rotatable bonds is 6. The molecule has 2 aromatic heterocycles. The lowest BCUT2D eigenvalue weighted by atomic mass is 10.0. The van der Waals surface area contributed by atoms with E-state index in [1.165, 1.54) is 47.3 Å². The van der Waals surface area contributed by atoms with Crippen molar-refractivity contribution < 1.29 is 22.7 Å². The van der Waals surface area contributed by atoms with Crippen LogP contribution in [-0.4, -0.2) is 29.0 Å². The summed E-state index contributed by atoms with van der Waals surface area (Å²) in [5.41, 5.74) is 1.72. The molecule has 1 N–H and O–H groups in total. The second-order valence-electron chi connectivity index (χ2n) is 7.16. The summed E-state index contributed by atoms with van der Waals surface area (Å²) in [5.74, 6) is -1.62. The number of aliphatic carboxylic acids is 1. The Morgan fingerprint density at radius 3 is 2.42 bits per heavy atom. The Morgan fingerprint density at radius 2 is 1.77 bits per heavy atom. The summed E-state index contributed by atoms with van der Waals surface area (Å²) in [7, 11) is -3.96. The highest BCUT2D eigenvalue weighted by Gasteiger charge is 2.35. The van der Waals surface area contributed by atoms with Gasteiger partial charge in [-0.1, -0.05) is 18.2 Å². The Labute approximate surface area is 178 Å². The first-order valence-electron chi connectivity index (χ1n) is 9.49. The lowest BCUT2D eigenvalue weighted by Crippen LogP contribution is -2.17. The molecular weight excluding hydrogens is 419 g/mol. The first-order valence-corrected chi connectivity index (χ1v) is 11.0. The normalized spacial score (nSPS) is 12.7. The first kappa shape index (κ1) is 20.7. The second kappa shape index (κ2) is 7.96. The van der Waals surface area contributed by atoms with Crippen molar-refractivity contribution >= 4 is 26.7 Å². The van der Waals surface area contributed by atoms with E-state index in [1.807, 2.05) is 0 Å². The molecular formula is C23H19FN2O4S. The third-order valence-corrected chi connectivity index (χ3v) is 7.34. The van der Waals surface area contributed by atoms with Crippen LogP contribution in [0.4, 0.5) is 4.39 Å². The summed E-state index contributed by atoms with van der Waals surface area (Å²) < 4.78 is 43.3. The predicted molar refractivity (Wildman–Crippen MR) is 114 cm³/mol. The van der Waals surface area contributed by atoms with Crippen LogP contribution in [0.1, 0.15) is 22.1 Å². The molecule has 1 atom stereocenters. The molecule has 0 amide bonds. The van der Waals surface area contributed by atoms with Crippen molar-refractivity contribution in [3.05, 3.63) is 95.7 Å². The molecule has 0 fully saturated rings. The number of sulfone groups is 1. The maximum Gasteiger partial charge on any atom is 0.323 e. The monoisotopic (exact) mass is 438 g/mol. The van der Waals surface area contributed by atoms with Gasteiger partial charge in [-0.3, -0.25) is 9.78 Å². The minimum Gasteiger partial charge on any atom is -0.480 e. The molecule has 2 aromatic carbocycles. The number of nitrogens with zero attached hydrogens (tertiary/aromatic N) is 2. The summed E-state index contributed by atoms with van der Waals surface area (Å²) in [5, 5.41) is 8.58. The molecule has 0 aliphatic rings. The van der Waals surface area contributed by atoms with Gasteiger partial charge in [0, 0.05) is 34.6 Å². The number of carboxylic acids is 1. The largest absolute Gasteiger partial charge is 0.480 e. The third kappa shape index (κ3) is 3.70. The number of fused-ring (bicyclic) bond motifs is 1. The molecule has 0 aliphatic carbocycles. The zero-order valence-corrected chi connectivity index (χ0v) is 17.4. The number of hydrogen-bond donors (Lipinski definition) is 1. The van der Waals surface area contributed by atoms with E-state index in [1.54, 1.807) is 37.3 Å². The average molecular weight is 438 g/mol. The van der Waals surface area contributed by atoms with Crippen LogP contribution < -0.4 is 0 Å². The molecule has 4 aromatic rings.